The zero-order valence-corrected chi connectivity index (χ0v) is 10.0. The predicted molar refractivity (Wildman–Crippen MR) is 62.1 cm³/mol. The van der Waals surface area contributed by atoms with Crippen LogP contribution in [0.3, 0.4) is 0 Å². The van der Waals surface area contributed by atoms with E-state index in [2.05, 4.69) is 16.9 Å². The van der Waals surface area contributed by atoms with Crippen LogP contribution < -0.4 is 10.6 Å². The van der Waals surface area contributed by atoms with Gasteiger partial charge in [-0.3, -0.25) is 0 Å². The lowest BCUT2D eigenvalue weighted by Crippen LogP contribution is -2.23. The third-order valence-electron chi connectivity index (χ3n) is 3.17. The summed E-state index contributed by atoms with van der Waals surface area (Å²) in [6.07, 6.45) is -2.57. The van der Waals surface area contributed by atoms with Gasteiger partial charge < -0.3 is 10.6 Å². The van der Waals surface area contributed by atoms with Crippen molar-refractivity contribution in [3.8, 4) is 0 Å². The van der Waals surface area contributed by atoms with Gasteiger partial charge in [-0.2, -0.15) is 13.2 Å². The summed E-state index contributed by atoms with van der Waals surface area (Å²) in [5.41, 5.74) is 5.41. The molecule has 2 rings (SSSR count). The van der Waals surface area contributed by atoms with Crippen LogP contribution in [0.25, 0.3) is 0 Å². The molecular formula is C11H15F3N4. The minimum absolute atomic E-state index is 0.146. The fourth-order valence-corrected chi connectivity index (χ4v) is 2.12. The molecule has 1 aromatic heterocycles. The van der Waals surface area contributed by atoms with Crippen molar-refractivity contribution >= 4 is 11.6 Å². The summed E-state index contributed by atoms with van der Waals surface area (Å²) in [6.45, 7) is 3.51. The Bertz CT molecular complexity index is 433. The molecule has 0 aromatic carbocycles. The first kappa shape index (κ1) is 12.9. The molecule has 0 aliphatic carbocycles. The highest BCUT2D eigenvalue weighted by molar-refractivity contribution is 5.48. The van der Waals surface area contributed by atoms with Crippen LogP contribution in [0.4, 0.5) is 24.8 Å². The number of nitrogens with two attached hydrogens (primary N) is 1. The minimum Gasteiger partial charge on any atom is -0.384 e. The van der Waals surface area contributed by atoms with Crippen LogP contribution in [0, 0.1) is 5.92 Å². The molecule has 2 N–H and O–H groups in total. The number of hydrogen-bond acceptors (Lipinski definition) is 4. The second kappa shape index (κ2) is 4.62. The first-order valence-corrected chi connectivity index (χ1v) is 5.87. The molecule has 0 amide bonds. The molecule has 1 saturated heterocycles. The van der Waals surface area contributed by atoms with Crippen molar-refractivity contribution in [1.82, 2.24) is 9.97 Å². The maximum Gasteiger partial charge on any atom is 0.451 e. The molecule has 100 valence electrons. The lowest BCUT2D eigenvalue weighted by atomic mass is 10.1. The van der Waals surface area contributed by atoms with Crippen molar-refractivity contribution in [2.45, 2.75) is 25.9 Å². The number of aromatic nitrogens is 2. The molecule has 0 saturated carbocycles. The zero-order chi connectivity index (χ0) is 13.3. The quantitative estimate of drug-likeness (QED) is 0.886. The van der Waals surface area contributed by atoms with Crippen molar-refractivity contribution in [2.75, 3.05) is 23.7 Å². The van der Waals surface area contributed by atoms with Crippen LogP contribution in [0.1, 0.15) is 25.6 Å². The lowest BCUT2D eigenvalue weighted by Gasteiger charge is -2.18. The normalized spacial score (nSPS) is 20.4. The molecular weight excluding hydrogens is 245 g/mol. The first-order valence-electron chi connectivity index (χ1n) is 5.87. The fourth-order valence-electron chi connectivity index (χ4n) is 2.12. The van der Waals surface area contributed by atoms with E-state index in [1.165, 1.54) is 6.07 Å². The third-order valence-corrected chi connectivity index (χ3v) is 3.17. The van der Waals surface area contributed by atoms with E-state index < -0.39 is 12.0 Å². The number of nitrogens with zero attached hydrogens (tertiary/aromatic N) is 3. The summed E-state index contributed by atoms with van der Waals surface area (Å²) in [5, 5.41) is 0. The number of anilines is 2. The van der Waals surface area contributed by atoms with Gasteiger partial charge in [-0.15, -0.1) is 0 Å². The highest BCUT2D eigenvalue weighted by Gasteiger charge is 2.36. The third kappa shape index (κ3) is 2.65. The Morgan fingerprint density at radius 1 is 1.44 bits per heavy atom. The predicted octanol–water partition coefficient (Wildman–Crippen LogP) is 2.31. The van der Waals surface area contributed by atoms with Crippen LogP contribution >= 0.6 is 0 Å². The van der Waals surface area contributed by atoms with Gasteiger partial charge in [0.15, 0.2) is 0 Å². The largest absolute Gasteiger partial charge is 0.451 e. The van der Waals surface area contributed by atoms with Crippen LogP contribution in [-0.2, 0) is 6.18 Å². The number of hydrogen-bond donors (Lipinski definition) is 1. The van der Waals surface area contributed by atoms with Gasteiger partial charge in [0.2, 0.25) is 5.82 Å². The smallest absolute Gasteiger partial charge is 0.384 e. The van der Waals surface area contributed by atoms with E-state index >= 15 is 0 Å². The molecule has 1 atom stereocenters. The number of rotatable bonds is 2. The van der Waals surface area contributed by atoms with E-state index in [1.807, 2.05) is 4.90 Å². The molecule has 1 aromatic rings. The zero-order valence-electron chi connectivity index (χ0n) is 10.0. The Morgan fingerprint density at radius 3 is 2.72 bits per heavy atom. The second-order valence-corrected chi connectivity index (χ2v) is 4.48. The molecule has 1 aliphatic rings. The molecule has 7 heteroatoms. The molecule has 18 heavy (non-hydrogen) atoms. The van der Waals surface area contributed by atoms with Crippen LogP contribution in [0.2, 0.25) is 0 Å². The summed E-state index contributed by atoms with van der Waals surface area (Å²) >= 11 is 0. The SMILES string of the molecule is CCC1CCN(c2cc(N)nc(C(F)(F)F)n2)C1. The van der Waals surface area contributed by atoms with Gasteiger partial charge in [0.25, 0.3) is 0 Å². The molecule has 1 fully saturated rings. The van der Waals surface area contributed by atoms with E-state index in [9.17, 15) is 13.2 Å². The van der Waals surface area contributed by atoms with E-state index in [0.717, 1.165) is 19.4 Å². The standard InChI is InChI=1S/C11H15F3N4/c1-2-7-3-4-18(6-7)9-5-8(15)16-10(17-9)11(12,13)14/h5,7H,2-4,6H2,1H3,(H2,15,16,17). The van der Waals surface area contributed by atoms with Crippen molar-refractivity contribution in [3.63, 3.8) is 0 Å². The van der Waals surface area contributed by atoms with Crippen molar-refractivity contribution in [2.24, 2.45) is 5.92 Å². The van der Waals surface area contributed by atoms with Gasteiger partial charge in [-0.25, -0.2) is 9.97 Å². The van der Waals surface area contributed by atoms with E-state index in [-0.39, 0.29) is 11.6 Å². The van der Waals surface area contributed by atoms with Crippen molar-refractivity contribution in [3.05, 3.63) is 11.9 Å². The maximum atomic E-state index is 12.6. The van der Waals surface area contributed by atoms with Gasteiger partial charge in [-0.05, 0) is 12.3 Å². The average Bonchev–Trinajstić information content (AvgIpc) is 2.75. The number of halogens is 3. The maximum absolute atomic E-state index is 12.6. The molecule has 4 nitrogen and oxygen atoms in total. The molecule has 0 spiro atoms. The molecule has 0 radical (unpaired) electrons. The Labute approximate surface area is 103 Å². The fraction of sp³-hybridized carbons (Fsp3) is 0.636. The average molecular weight is 260 g/mol. The molecule has 1 aliphatic heterocycles. The topological polar surface area (TPSA) is 55.0 Å². The van der Waals surface area contributed by atoms with E-state index in [4.69, 9.17) is 5.73 Å². The van der Waals surface area contributed by atoms with Gasteiger partial charge >= 0.3 is 6.18 Å². The monoisotopic (exact) mass is 260 g/mol. The van der Waals surface area contributed by atoms with Crippen LogP contribution in [0.5, 0.6) is 0 Å². The Hall–Kier alpha value is -1.53. The van der Waals surface area contributed by atoms with Gasteiger partial charge in [0, 0.05) is 19.2 Å². The summed E-state index contributed by atoms with van der Waals surface area (Å²) in [7, 11) is 0. The minimum atomic E-state index is -4.56. The van der Waals surface area contributed by atoms with E-state index in [1.54, 1.807) is 0 Å². The first-order chi connectivity index (χ1) is 8.40. The Kier molecular flexibility index (Phi) is 3.32. The summed E-state index contributed by atoms with van der Waals surface area (Å²) < 4.78 is 37.7. The Balaban J connectivity index is 2.26. The number of nitrogen functional groups attached to an aromatic ring is 1. The summed E-state index contributed by atoms with van der Waals surface area (Å²) in [5.74, 6) is -0.536. The summed E-state index contributed by atoms with van der Waals surface area (Å²) in [4.78, 5) is 8.63. The van der Waals surface area contributed by atoms with Crippen molar-refractivity contribution in [1.29, 1.82) is 0 Å². The summed E-state index contributed by atoms with van der Waals surface area (Å²) in [6, 6.07) is 1.40. The highest BCUT2D eigenvalue weighted by Crippen LogP contribution is 2.30. The lowest BCUT2D eigenvalue weighted by molar-refractivity contribution is -0.144. The molecule has 0 bridgehead atoms. The Morgan fingerprint density at radius 2 is 2.17 bits per heavy atom. The van der Waals surface area contributed by atoms with E-state index in [0.29, 0.717) is 12.5 Å². The van der Waals surface area contributed by atoms with Gasteiger partial charge in [0.05, 0.1) is 0 Å². The van der Waals surface area contributed by atoms with Gasteiger partial charge in [0.1, 0.15) is 11.6 Å². The van der Waals surface area contributed by atoms with Crippen LogP contribution in [-0.4, -0.2) is 23.1 Å². The number of alkyl halides is 3. The second-order valence-electron chi connectivity index (χ2n) is 4.48. The highest BCUT2D eigenvalue weighted by atomic mass is 19.4. The van der Waals surface area contributed by atoms with Gasteiger partial charge in [-0.1, -0.05) is 13.3 Å². The molecule has 1 unspecified atom stereocenters. The van der Waals surface area contributed by atoms with Crippen LogP contribution in [0.15, 0.2) is 6.07 Å². The molecule has 2 heterocycles. The van der Waals surface area contributed by atoms with Crippen molar-refractivity contribution < 1.29 is 13.2 Å².